The fraction of sp³-hybridized carbons (Fsp3) is 0.625. The maximum absolute atomic E-state index is 11.6. The molecule has 2 atom stereocenters. The molecule has 280 valence electrons. The molecule has 2 rings (SSSR count). The Morgan fingerprint density at radius 1 is 0.688 bits per heavy atom. The maximum Gasteiger partial charge on any atom is 0.151 e. The molecular formula is C32H60Br2N4O7S2Ti. The van der Waals surface area contributed by atoms with E-state index in [1.165, 1.54) is 6.20 Å². The third kappa shape index (κ3) is 60.7. The van der Waals surface area contributed by atoms with E-state index in [0.29, 0.717) is 5.56 Å². The topological polar surface area (TPSA) is 196 Å². The Balaban J connectivity index is -0.000000116. The van der Waals surface area contributed by atoms with Crippen molar-refractivity contribution in [3.05, 3.63) is 57.0 Å². The molecule has 2 heterocycles. The fourth-order valence-electron chi connectivity index (χ4n) is 1.26. The van der Waals surface area contributed by atoms with E-state index in [2.05, 4.69) is 46.2 Å². The first-order valence-electron chi connectivity index (χ1n) is 14.6. The summed E-state index contributed by atoms with van der Waals surface area (Å²) in [5.74, 6) is 0. The van der Waals surface area contributed by atoms with Crippen molar-refractivity contribution in [3.8, 4) is 0 Å². The monoisotopic (exact) mass is 882 g/mol. The van der Waals surface area contributed by atoms with Gasteiger partial charge in [0.15, 0.2) is 6.29 Å². The summed E-state index contributed by atoms with van der Waals surface area (Å²) >= 11 is 6.49. The van der Waals surface area contributed by atoms with Crippen molar-refractivity contribution in [2.24, 2.45) is 9.54 Å². The molecule has 0 saturated heterocycles. The number of aldehydes is 1. The van der Waals surface area contributed by atoms with E-state index in [4.69, 9.17) is 25.6 Å². The zero-order valence-corrected chi connectivity index (χ0v) is 37.3. The van der Waals surface area contributed by atoms with Gasteiger partial charge in [0.25, 0.3) is 0 Å². The largest absolute Gasteiger partial charge is 0.394 e. The molecule has 0 amide bonds. The second kappa shape index (κ2) is 34.8. The molecule has 0 radical (unpaired) electrons. The number of aliphatic hydroxyl groups excluding tert-OH is 4. The Morgan fingerprint density at radius 3 is 1.17 bits per heavy atom. The van der Waals surface area contributed by atoms with Crippen LogP contribution in [0.15, 0.2) is 50.3 Å². The van der Waals surface area contributed by atoms with Gasteiger partial charge in [0.2, 0.25) is 0 Å². The SMILES string of the molecule is CC(C)(C)S(=O)N=Cc1cncc(Br)c1.CC(C)(C)S(N)=O.CC(C)O.CC(C)O.CC(C)O.CC(C)O.O=Cc1cncc(Br)c1.[Ti]. The smallest absolute Gasteiger partial charge is 0.151 e. The molecule has 0 bridgehead atoms. The van der Waals surface area contributed by atoms with Gasteiger partial charge in [-0.2, -0.15) is 4.40 Å². The summed E-state index contributed by atoms with van der Waals surface area (Å²) in [6, 6.07) is 3.58. The van der Waals surface area contributed by atoms with E-state index in [-0.39, 0.29) is 55.6 Å². The average Bonchev–Trinajstić information content (AvgIpc) is 2.85. The zero-order valence-electron chi connectivity index (χ0n) is 30.9. The molecule has 11 nitrogen and oxygen atoms in total. The van der Waals surface area contributed by atoms with Gasteiger partial charge in [0.05, 0.1) is 20.5 Å². The van der Waals surface area contributed by atoms with E-state index < -0.39 is 22.0 Å². The number of carbonyl (C=O) groups is 1. The number of carbonyl (C=O) groups excluding carboxylic acids is 1. The van der Waals surface area contributed by atoms with Gasteiger partial charge in [-0.15, -0.1) is 0 Å². The molecule has 0 aliphatic rings. The van der Waals surface area contributed by atoms with Gasteiger partial charge in [-0.1, -0.05) is 0 Å². The number of nitrogens with zero attached hydrogens (tertiary/aromatic N) is 3. The Hall–Kier alpha value is -0.586. The Kier molecular flexibility index (Phi) is 43.2. The normalized spacial score (nSPS) is 11.6. The van der Waals surface area contributed by atoms with Gasteiger partial charge < -0.3 is 20.4 Å². The number of rotatable bonds is 3. The maximum atomic E-state index is 11.6. The van der Waals surface area contributed by atoms with Gasteiger partial charge in [-0.3, -0.25) is 19.9 Å². The minimum atomic E-state index is -1.22. The van der Waals surface area contributed by atoms with E-state index in [9.17, 15) is 13.2 Å². The molecule has 2 aromatic heterocycles. The predicted octanol–water partition coefficient (Wildman–Crippen LogP) is 6.34. The van der Waals surface area contributed by atoms with E-state index in [0.717, 1.165) is 20.8 Å². The number of halogens is 2. The van der Waals surface area contributed by atoms with Crippen molar-refractivity contribution in [1.29, 1.82) is 0 Å². The minimum absolute atomic E-state index is 0. The van der Waals surface area contributed by atoms with Crippen LogP contribution in [0.2, 0.25) is 0 Å². The van der Waals surface area contributed by atoms with E-state index in [1.807, 2.05) is 47.6 Å². The van der Waals surface area contributed by atoms with Gasteiger partial charge in [0, 0.05) is 97.2 Å². The molecule has 0 aromatic carbocycles. The van der Waals surface area contributed by atoms with Gasteiger partial charge in [-0.05, 0) is 141 Å². The minimum Gasteiger partial charge on any atom is -0.394 e. The Bertz CT molecular complexity index is 1100. The molecule has 16 heteroatoms. The summed E-state index contributed by atoms with van der Waals surface area (Å²) < 4.78 is 27.1. The number of pyridine rings is 2. The summed E-state index contributed by atoms with van der Waals surface area (Å²) in [5.41, 5.74) is 1.42. The average molecular weight is 885 g/mol. The summed E-state index contributed by atoms with van der Waals surface area (Å²) in [6.07, 6.45) is 8.19. The standard InChI is InChI=1S/C10H13BrN2OS.C6H4BrNO.C4H11NOS.4C3H8O.Ti/c1-10(2,3)15(14)13-6-8-4-9(11)7-12-5-8;7-6-1-5(4-9)2-8-3-6;1-4(2,3)7(5)6;4*1-3(2)4;/h4-7H,1-3H3;1-4H;5H2,1-3H3;4*3-4H,1-2H3;. The molecule has 0 fully saturated rings. The third-order valence-electron chi connectivity index (χ3n) is 3.01. The third-order valence-corrected chi connectivity index (χ3v) is 6.43. The van der Waals surface area contributed by atoms with E-state index >= 15 is 0 Å². The molecule has 2 aromatic rings. The first kappa shape index (κ1) is 59.6. The van der Waals surface area contributed by atoms with Crippen molar-refractivity contribution in [2.75, 3.05) is 0 Å². The van der Waals surface area contributed by atoms with Gasteiger partial charge >= 0.3 is 0 Å². The molecule has 48 heavy (non-hydrogen) atoms. The van der Waals surface area contributed by atoms with Crippen molar-refractivity contribution >= 4 is 66.3 Å². The van der Waals surface area contributed by atoms with Crippen molar-refractivity contribution in [1.82, 2.24) is 9.97 Å². The summed E-state index contributed by atoms with van der Waals surface area (Å²) in [5, 5.41) is 37.3. The molecule has 2 unspecified atom stereocenters. The quantitative estimate of drug-likeness (QED) is 0.133. The molecular weight excluding hydrogens is 824 g/mol. The number of aliphatic hydroxyl groups is 4. The molecule has 0 spiro atoms. The molecule has 0 aliphatic heterocycles. The van der Waals surface area contributed by atoms with E-state index in [1.54, 1.807) is 86.3 Å². The Morgan fingerprint density at radius 2 is 0.958 bits per heavy atom. The van der Waals surface area contributed by atoms with Crippen LogP contribution in [0.3, 0.4) is 0 Å². The van der Waals surface area contributed by atoms with Crippen molar-refractivity contribution < 1.29 is 55.4 Å². The van der Waals surface area contributed by atoms with Crippen LogP contribution in [-0.2, 0) is 43.7 Å². The van der Waals surface area contributed by atoms with Crippen LogP contribution in [0.5, 0.6) is 0 Å². The fourth-order valence-corrected chi connectivity index (χ4v) is 2.56. The predicted molar refractivity (Wildman–Crippen MR) is 206 cm³/mol. The van der Waals surface area contributed by atoms with Crippen LogP contribution < -0.4 is 5.14 Å². The van der Waals surface area contributed by atoms with Gasteiger partial charge in [-0.25, -0.2) is 8.42 Å². The van der Waals surface area contributed by atoms with Crippen LogP contribution in [0.1, 0.15) is 113 Å². The number of aromatic nitrogens is 2. The summed E-state index contributed by atoms with van der Waals surface area (Å²) in [7, 11) is -2.40. The first-order valence-corrected chi connectivity index (χ1v) is 18.5. The van der Waals surface area contributed by atoms with Crippen molar-refractivity contribution in [2.45, 2.75) is 131 Å². The first-order chi connectivity index (χ1) is 21.1. The van der Waals surface area contributed by atoms with Gasteiger partial charge in [0.1, 0.15) is 11.0 Å². The van der Waals surface area contributed by atoms with Crippen LogP contribution >= 0.6 is 31.9 Å². The second-order valence-corrected chi connectivity index (χ2v) is 18.0. The van der Waals surface area contributed by atoms with Crippen LogP contribution in [0.25, 0.3) is 0 Å². The van der Waals surface area contributed by atoms with Crippen LogP contribution in [0, 0.1) is 0 Å². The Labute approximate surface area is 326 Å². The van der Waals surface area contributed by atoms with Crippen molar-refractivity contribution in [3.63, 3.8) is 0 Å². The van der Waals surface area contributed by atoms with Crippen LogP contribution in [-0.4, -0.2) is 85.2 Å². The second-order valence-electron chi connectivity index (χ2n) is 12.4. The number of hydrogen-bond donors (Lipinski definition) is 5. The molecule has 0 aliphatic carbocycles. The number of hydrogen-bond acceptors (Lipinski definition) is 9. The molecule has 6 N–H and O–H groups in total. The summed E-state index contributed by atoms with van der Waals surface area (Å²) in [4.78, 5) is 17.9. The summed E-state index contributed by atoms with van der Waals surface area (Å²) in [6.45, 7) is 25.0. The number of nitrogens with two attached hydrogens (primary N) is 1. The zero-order chi connectivity index (χ0) is 38.6. The molecule has 0 saturated carbocycles. The van der Waals surface area contributed by atoms with Crippen LogP contribution in [0.4, 0.5) is 0 Å².